The first kappa shape index (κ1) is 21.0. The van der Waals surface area contributed by atoms with E-state index in [0.29, 0.717) is 25.4 Å². The van der Waals surface area contributed by atoms with Crippen molar-refractivity contribution in [2.45, 2.75) is 26.2 Å². The zero-order valence-electron chi connectivity index (χ0n) is 16.2. The molecule has 0 saturated carbocycles. The Morgan fingerprint density at radius 1 is 1.10 bits per heavy atom. The fourth-order valence-corrected chi connectivity index (χ4v) is 3.53. The summed E-state index contributed by atoms with van der Waals surface area (Å²) in [5, 5.41) is 9.13. The molecule has 1 heterocycles. The van der Waals surface area contributed by atoms with Crippen LogP contribution >= 0.6 is 15.9 Å². The highest BCUT2D eigenvalue weighted by molar-refractivity contribution is 9.10. The van der Waals surface area contributed by atoms with Crippen LogP contribution in [-0.4, -0.2) is 28.8 Å². The zero-order chi connectivity index (χ0) is 20.6. The molecule has 0 fully saturated rings. The molecule has 3 rings (SSSR count). The second-order valence-electron chi connectivity index (χ2n) is 6.58. The molecule has 0 aliphatic heterocycles. The molecule has 1 N–H and O–H groups in total. The van der Waals surface area contributed by atoms with E-state index in [9.17, 15) is 4.79 Å². The number of pyridine rings is 1. The molecule has 29 heavy (non-hydrogen) atoms. The minimum Gasteiger partial charge on any atom is -0.478 e. The lowest BCUT2D eigenvalue weighted by Crippen LogP contribution is -2.39. The van der Waals surface area contributed by atoms with Gasteiger partial charge in [-0.1, -0.05) is 58.4 Å². The van der Waals surface area contributed by atoms with E-state index in [1.165, 1.54) is 6.20 Å². The van der Waals surface area contributed by atoms with Crippen molar-refractivity contribution in [3.8, 4) is 0 Å². The van der Waals surface area contributed by atoms with Crippen LogP contribution in [0.15, 0.2) is 77.4 Å². The molecule has 0 bridgehead atoms. The third-order valence-electron chi connectivity index (χ3n) is 4.56. The first-order chi connectivity index (χ1) is 14.1. The minimum atomic E-state index is -0.988. The van der Waals surface area contributed by atoms with Crippen molar-refractivity contribution in [3.63, 3.8) is 0 Å². The number of likely N-dealkylation sites (N-methyl/N-ethyl adjacent to an activating group) is 1. The quantitative estimate of drug-likeness (QED) is 0.452. The highest BCUT2D eigenvalue weighted by Gasteiger charge is 2.21. The van der Waals surface area contributed by atoms with Gasteiger partial charge in [-0.05, 0) is 42.3 Å². The van der Waals surface area contributed by atoms with Gasteiger partial charge in [0.05, 0.1) is 12.2 Å². The van der Waals surface area contributed by atoms with Gasteiger partial charge in [-0.2, -0.15) is 0 Å². The summed E-state index contributed by atoms with van der Waals surface area (Å²) in [6.07, 6.45) is 1.80. The molecular weight excluding hydrogens is 432 g/mol. The Bertz CT molecular complexity index is 932. The average molecular weight is 455 g/mol. The predicted octanol–water partition coefficient (Wildman–Crippen LogP) is 5.15. The molecule has 1 atom stereocenters. The maximum atomic E-state index is 11.1. The van der Waals surface area contributed by atoms with Crippen LogP contribution < -0.4 is 4.90 Å². The van der Waals surface area contributed by atoms with Crippen molar-refractivity contribution in [1.29, 1.82) is 0 Å². The second kappa shape index (κ2) is 10.2. The average Bonchev–Trinajstić information content (AvgIpc) is 2.73. The van der Waals surface area contributed by atoms with Crippen LogP contribution in [0.1, 0.15) is 28.4 Å². The fourth-order valence-electron chi connectivity index (χ4n) is 3.09. The molecule has 3 aromatic rings. The molecule has 0 aliphatic carbocycles. The summed E-state index contributed by atoms with van der Waals surface area (Å²) in [6.45, 7) is 3.18. The molecular formula is C23H23BrN2O3. The number of hydrogen-bond donors (Lipinski definition) is 1. The molecule has 0 aliphatic rings. The van der Waals surface area contributed by atoms with Gasteiger partial charge in [-0.3, -0.25) is 0 Å². The number of rotatable bonds is 9. The van der Waals surface area contributed by atoms with E-state index >= 15 is 0 Å². The van der Waals surface area contributed by atoms with Crippen LogP contribution in [0.2, 0.25) is 0 Å². The number of carbonyl (C=O) groups is 1. The Morgan fingerprint density at radius 2 is 1.86 bits per heavy atom. The molecule has 150 valence electrons. The number of aromatic carboxylic acids is 1. The topological polar surface area (TPSA) is 62.7 Å². The van der Waals surface area contributed by atoms with Crippen molar-refractivity contribution in [3.05, 3.63) is 94.1 Å². The van der Waals surface area contributed by atoms with Crippen LogP contribution in [0.25, 0.3) is 0 Å². The van der Waals surface area contributed by atoms with Gasteiger partial charge in [0.1, 0.15) is 12.0 Å². The van der Waals surface area contributed by atoms with Gasteiger partial charge >= 0.3 is 5.97 Å². The highest BCUT2D eigenvalue weighted by atomic mass is 79.9. The summed E-state index contributed by atoms with van der Waals surface area (Å²) >= 11 is 3.53. The lowest BCUT2D eigenvalue weighted by atomic mass is 10.1. The van der Waals surface area contributed by atoms with Gasteiger partial charge in [0.25, 0.3) is 0 Å². The van der Waals surface area contributed by atoms with Gasteiger partial charge in [0.15, 0.2) is 0 Å². The lowest BCUT2D eigenvalue weighted by molar-refractivity contribution is 0.0385. The monoisotopic (exact) mass is 454 g/mol. The Labute approximate surface area is 179 Å². The van der Waals surface area contributed by atoms with Crippen molar-refractivity contribution < 1.29 is 14.6 Å². The molecule has 1 unspecified atom stereocenters. The smallest absolute Gasteiger partial charge is 0.337 e. The maximum absolute atomic E-state index is 11.1. The summed E-state index contributed by atoms with van der Waals surface area (Å²) in [7, 11) is 0. The number of carboxylic acids is 1. The third-order valence-corrected chi connectivity index (χ3v) is 5.06. The van der Waals surface area contributed by atoms with Crippen molar-refractivity contribution >= 4 is 27.7 Å². The Kier molecular flexibility index (Phi) is 7.38. The fraction of sp³-hybridized carbons (Fsp3) is 0.217. The first-order valence-corrected chi connectivity index (χ1v) is 10.2. The lowest BCUT2D eigenvalue weighted by Gasteiger charge is -2.32. The van der Waals surface area contributed by atoms with Gasteiger partial charge in [0.2, 0.25) is 0 Å². The maximum Gasteiger partial charge on any atom is 0.337 e. The molecule has 1 aromatic heterocycles. The van der Waals surface area contributed by atoms with Crippen molar-refractivity contribution in [2.75, 3.05) is 11.4 Å². The SMILES string of the molecule is CCN(c1ccc(C(=O)O)cn1)C(Cc1cccc(Br)c1)OCc1ccccc1. The van der Waals surface area contributed by atoms with E-state index in [1.54, 1.807) is 12.1 Å². The number of halogens is 1. The van der Waals surface area contributed by atoms with Crippen LogP contribution in [-0.2, 0) is 17.8 Å². The third kappa shape index (κ3) is 5.89. The Balaban J connectivity index is 1.85. The van der Waals surface area contributed by atoms with E-state index < -0.39 is 5.97 Å². The summed E-state index contributed by atoms with van der Waals surface area (Å²) in [6, 6.07) is 21.5. The minimum absolute atomic E-state index is 0.165. The summed E-state index contributed by atoms with van der Waals surface area (Å²) in [4.78, 5) is 17.5. The van der Waals surface area contributed by atoms with Crippen LogP contribution in [0, 0.1) is 0 Å². The number of anilines is 1. The van der Waals surface area contributed by atoms with E-state index in [2.05, 4.69) is 37.9 Å². The van der Waals surface area contributed by atoms with Gasteiger partial charge in [-0.25, -0.2) is 9.78 Å². The Morgan fingerprint density at radius 3 is 2.48 bits per heavy atom. The van der Waals surface area contributed by atoms with Crippen LogP contribution in [0.5, 0.6) is 0 Å². The number of benzene rings is 2. The Hall–Kier alpha value is -2.70. The number of ether oxygens (including phenoxy) is 1. The van der Waals surface area contributed by atoms with Crippen LogP contribution in [0.3, 0.4) is 0 Å². The molecule has 6 heteroatoms. The number of carboxylic acid groups (broad SMARTS) is 1. The normalized spacial score (nSPS) is 11.8. The highest BCUT2D eigenvalue weighted by Crippen LogP contribution is 2.21. The number of aromatic nitrogens is 1. The molecule has 0 saturated heterocycles. The van der Waals surface area contributed by atoms with Crippen molar-refractivity contribution in [1.82, 2.24) is 4.98 Å². The van der Waals surface area contributed by atoms with E-state index in [0.717, 1.165) is 15.6 Å². The van der Waals surface area contributed by atoms with Crippen LogP contribution in [0.4, 0.5) is 5.82 Å². The molecule has 0 radical (unpaired) electrons. The largest absolute Gasteiger partial charge is 0.478 e. The van der Waals surface area contributed by atoms with Gasteiger partial charge in [0, 0.05) is 23.6 Å². The molecule has 0 amide bonds. The summed E-state index contributed by atoms with van der Waals surface area (Å²) in [5.74, 6) is -0.302. The first-order valence-electron chi connectivity index (χ1n) is 9.42. The predicted molar refractivity (Wildman–Crippen MR) is 117 cm³/mol. The number of nitrogens with zero attached hydrogens (tertiary/aromatic N) is 2. The summed E-state index contributed by atoms with van der Waals surface area (Å²) in [5.41, 5.74) is 2.40. The van der Waals surface area contributed by atoms with Gasteiger partial charge in [-0.15, -0.1) is 0 Å². The standard InChI is InChI=1S/C23H23BrN2O3/c1-2-26(21-12-11-19(15-25-21)23(27)28)22(14-18-9-6-10-20(24)13-18)29-16-17-7-4-3-5-8-17/h3-13,15,22H,2,14,16H2,1H3,(H,27,28). The zero-order valence-corrected chi connectivity index (χ0v) is 17.7. The van der Waals surface area contributed by atoms with E-state index in [1.807, 2.05) is 49.4 Å². The van der Waals surface area contributed by atoms with E-state index in [-0.39, 0.29) is 11.8 Å². The van der Waals surface area contributed by atoms with Crippen molar-refractivity contribution in [2.24, 2.45) is 0 Å². The van der Waals surface area contributed by atoms with E-state index in [4.69, 9.17) is 9.84 Å². The molecule has 5 nitrogen and oxygen atoms in total. The van der Waals surface area contributed by atoms with Gasteiger partial charge < -0.3 is 14.7 Å². The number of hydrogen-bond acceptors (Lipinski definition) is 4. The summed E-state index contributed by atoms with van der Waals surface area (Å²) < 4.78 is 7.33. The second-order valence-corrected chi connectivity index (χ2v) is 7.50. The molecule has 2 aromatic carbocycles. The molecule has 0 spiro atoms.